The van der Waals surface area contributed by atoms with Crippen LogP contribution in [0.15, 0.2) is 54.7 Å². The number of likely N-dealkylation sites (tertiary alicyclic amines) is 1. The van der Waals surface area contributed by atoms with E-state index in [2.05, 4.69) is 11.2 Å². The second kappa shape index (κ2) is 8.05. The van der Waals surface area contributed by atoms with Crippen molar-refractivity contribution in [1.82, 2.24) is 9.88 Å². The first-order valence-electron chi connectivity index (χ1n) is 9.43. The van der Waals surface area contributed by atoms with Crippen LogP contribution in [-0.2, 0) is 4.79 Å². The molecule has 140 valence electrons. The number of carbonyl (C=O) groups excluding carboxylic acids is 1. The molecule has 1 aliphatic heterocycles. The van der Waals surface area contributed by atoms with Crippen molar-refractivity contribution in [3.05, 3.63) is 65.3 Å². The second-order valence-corrected chi connectivity index (χ2v) is 7.44. The van der Waals surface area contributed by atoms with Crippen LogP contribution in [0, 0.1) is 0 Å². The fourth-order valence-electron chi connectivity index (χ4n) is 3.82. The molecule has 1 amide bonds. The first kappa shape index (κ1) is 17.9. The van der Waals surface area contributed by atoms with Gasteiger partial charge in [-0.3, -0.25) is 4.79 Å². The van der Waals surface area contributed by atoms with Gasteiger partial charge in [-0.25, -0.2) is 0 Å². The molecule has 0 spiro atoms. The highest BCUT2D eigenvalue weighted by molar-refractivity contribution is 6.31. The van der Waals surface area contributed by atoms with Crippen LogP contribution in [0.2, 0.25) is 5.02 Å². The summed E-state index contributed by atoms with van der Waals surface area (Å²) >= 11 is 6.17. The first-order valence-corrected chi connectivity index (χ1v) is 9.80. The molecule has 1 fully saturated rings. The standard InChI is InChI=1S/C22H23ClN2O2/c23-17-6-7-21-19(14-17)20(15-24-21)16-8-11-25(12-9-16)22(26)10-13-27-18-4-2-1-3-5-18/h1-7,14-16,24H,8-13H2. The van der Waals surface area contributed by atoms with Gasteiger partial charge < -0.3 is 14.6 Å². The average molecular weight is 383 g/mol. The summed E-state index contributed by atoms with van der Waals surface area (Å²) < 4.78 is 5.64. The number of aromatic nitrogens is 1. The van der Waals surface area contributed by atoms with E-state index in [1.165, 1.54) is 10.9 Å². The lowest BCUT2D eigenvalue weighted by Gasteiger charge is -2.32. The van der Waals surface area contributed by atoms with E-state index < -0.39 is 0 Å². The number of piperidine rings is 1. The van der Waals surface area contributed by atoms with Gasteiger partial charge in [0.25, 0.3) is 0 Å². The molecule has 0 saturated carbocycles. The Morgan fingerprint density at radius 2 is 1.93 bits per heavy atom. The molecular weight excluding hydrogens is 360 g/mol. The quantitative estimate of drug-likeness (QED) is 0.675. The van der Waals surface area contributed by atoms with Crippen molar-refractivity contribution in [2.45, 2.75) is 25.2 Å². The molecule has 1 N–H and O–H groups in total. The lowest BCUT2D eigenvalue weighted by atomic mass is 9.89. The normalized spacial score (nSPS) is 15.2. The minimum atomic E-state index is 0.173. The number of H-pyrrole nitrogens is 1. The van der Waals surface area contributed by atoms with Gasteiger partial charge in [-0.2, -0.15) is 0 Å². The lowest BCUT2D eigenvalue weighted by molar-refractivity contribution is -0.132. The van der Waals surface area contributed by atoms with Crippen molar-refractivity contribution in [2.24, 2.45) is 0 Å². The predicted molar refractivity (Wildman–Crippen MR) is 108 cm³/mol. The molecular formula is C22H23ClN2O2. The Bertz CT molecular complexity index is 914. The van der Waals surface area contributed by atoms with Gasteiger partial charge >= 0.3 is 0 Å². The molecule has 1 aromatic heterocycles. The molecule has 3 aromatic rings. The molecule has 1 aliphatic rings. The number of rotatable bonds is 5. The summed E-state index contributed by atoms with van der Waals surface area (Å²) in [7, 11) is 0. The van der Waals surface area contributed by atoms with Gasteiger partial charge in [-0.15, -0.1) is 0 Å². The molecule has 0 radical (unpaired) electrons. The Kier molecular flexibility index (Phi) is 5.35. The number of aromatic amines is 1. The molecule has 2 heterocycles. The van der Waals surface area contributed by atoms with Gasteiger partial charge in [0.2, 0.25) is 5.91 Å². The predicted octanol–water partition coefficient (Wildman–Crippen LogP) is 5.00. The van der Waals surface area contributed by atoms with E-state index in [4.69, 9.17) is 16.3 Å². The largest absolute Gasteiger partial charge is 0.493 e. The van der Waals surface area contributed by atoms with Crippen molar-refractivity contribution in [1.29, 1.82) is 0 Å². The SMILES string of the molecule is O=C(CCOc1ccccc1)N1CCC(c2c[nH]c3ccc(Cl)cc23)CC1. The van der Waals surface area contributed by atoms with E-state index in [1.54, 1.807) is 0 Å². The van der Waals surface area contributed by atoms with Crippen molar-refractivity contribution < 1.29 is 9.53 Å². The van der Waals surface area contributed by atoms with E-state index in [-0.39, 0.29) is 5.91 Å². The maximum Gasteiger partial charge on any atom is 0.225 e. The number of amides is 1. The van der Waals surface area contributed by atoms with Crippen LogP contribution >= 0.6 is 11.6 Å². The molecule has 5 heteroatoms. The maximum atomic E-state index is 12.5. The van der Waals surface area contributed by atoms with Gasteiger partial charge in [0.15, 0.2) is 0 Å². The molecule has 4 rings (SSSR count). The minimum absolute atomic E-state index is 0.173. The van der Waals surface area contributed by atoms with Crippen molar-refractivity contribution in [3.63, 3.8) is 0 Å². The van der Waals surface area contributed by atoms with Gasteiger partial charge in [0.1, 0.15) is 5.75 Å². The van der Waals surface area contributed by atoms with Gasteiger partial charge in [-0.1, -0.05) is 29.8 Å². The smallest absolute Gasteiger partial charge is 0.225 e. The lowest BCUT2D eigenvalue weighted by Crippen LogP contribution is -2.38. The molecule has 1 saturated heterocycles. The summed E-state index contributed by atoms with van der Waals surface area (Å²) in [6.07, 6.45) is 4.47. The van der Waals surface area contributed by atoms with Crippen LogP contribution in [0.4, 0.5) is 0 Å². The summed E-state index contributed by atoms with van der Waals surface area (Å²) in [5.74, 6) is 1.44. The maximum absolute atomic E-state index is 12.5. The fourth-order valence-corrected chi connectivity index (χ4v) is 4.00. The summed E-state index contributed by atoms with van der Waals surface area (Å²) in [4.78, 5) is 17.8. The summed E-state index contributed by atoms with van der Waals surface area (Å²) in [6, 6.07) is 15.6. The van der Waals surface area contributed by atoms with Crippen molar-refractivity contribution >= 4 is 28.4 Å². The summed E-state index contributed by atoms with van der Waals surface area (Å²) in [6.45, 7) is 2.01. The number of fused-ring (bicyclic) bond motifs is 1. The molecule has 0 atom stereocenters. The Balaban J connectivity index is 1.30. The fraction of sp³-hybridized carbons (Fsp3) is 0.318. The van der Waals surface area contributed by atoms with Crippen molar-refractivity contribution in [3.8, 4) is 5.75 Å². The number of hydrogen-bond acceptors (Lipinski definition) is 2. The zero-order valence-corrected chi connectivity index (χ0v) is 15.9. The first-order chi connectivity index (χ1) is 13.2. The summed E-state index contributed by atoms with van der Waals surface area (Å²) in [5.41, 5.74) is 2.43. The Morgan fingerprint density at radius 1 is 1.15 bits per heavy atom. The van der Waals surface area contributed by atoms with Crippen LogP contribution < -0.4 is 4.74 Å². The molecule has 2 aromatic carbocycles. The van der Waals surface area contributed by atoms with E-state index in [9.17, 15) is 4.79 Å². The zero-order valence-electron chi connectivity index (χ0n) is 15.2. The molecule has 0 bridgehead atoms. The van der Waals surface area contributed by atoms with E-state index in [0.29, 0.717) is 18.9 Å². The van der Waals surface area contributed by atoms with Crippen LogP contribution in [-0.4, -0.2) is 35.5 Å². The number of nitrogens with one attached hydrogen (secondary N) is 1. The zero-order chi connectivity index (χ0) is 18.6. The number of halogens is 1. The number of hydrogen-bond donors (Lipinski definition) is 1. The van der Waals surface area contributed by atoms with Crippen LogP contribution in [0.1, 0.15) is 30.7 Å². The minimum Gasteiger partial charge on any atom is -0.493 e. The third kappa shape index (κ3) is 4.11. The number of nitrogens with zero attached hydrogens (tertiary/aromatic N) is 1. The van der Waals surface area contributed by atoms with Gasteiger partial charge in [0, 0.05) is 35.2 Å². The number of ether oxygens (including phenoxy) is 1. The van der Waals surface area contributed by atoms with Gasteiger partial charge in [0.05, 0.1) is 13.0 Å². The number of carbonyl (C=O) groups is 1. The highest BCUT2D eigenvalue weighted by Gasteiger charge is 2.25. The molecule has 27 heavy (non-hydrogen) atoms. The molecule has 4 nitrogen and oxygen atoms in total. The monoisotopic (exact) mass is 382 g/mol. The van der Waals surface area contributed by atoms with Gasteiger partial charge in [-0.05, 0) is 54.7 Å². The molecule has 0 unspecified atom stereocenters. The average Bonchev–Trinajstić information content (AvgIpc) is 3.12. The Morgan fingerprint density at radius 3 is 2.70 bits per heavy atom. The third-order valence-corrected chi connectivity index (χ3v) is 5.53. The van der Waals surface area contributed by atoms with E-state index in [0.717, 1.165) is 42.2 Å². The Hall–Kier alpha value is -2.46. The van der Waals surface area contributed by atoms with Crippen molar-refractivity contribution in [2.75, 3.05) is 19.7 Å². The van der Waals surface area contributed by atoms with Crippen LogP contribution in [0.5, 0.6) is 5.75 Å². The second-order valence-electron chi connectivity index (χ2n) is 7.00. The Labute approximate surface area is 164 Å². The number of benzene rings is 2. The van der Waals surface area contributed by atoms with E-state index >= 15 is 0 Å². The number of para-hydroxylation sites is 1. The topological polar surface area (TPSA) is 45.3 Å². The summed E-state index contributed by atoms with van der Waals surface area (Å²) in [5, 5.41) is 1.96. The van der Waals surface area contributed by atoms with E-state index in [1.807, 2.05) is 53.4 Å². The highest BCUT2D eigenvalue weighted by atomic mass is 35.5. The third-order valence-electron chi connectivity index (χ3n) is 5.29. The van der Waals surface area contributed by atoms with Crippen LogP contribution in [0.25, 0.3) is 10.9 Å². The molecule has 0 aliphatic carbocycles. The van der Waals surface area contributed by atoms with Crippen LogP contribution in [0.3, 0.4) is 0 Å². The highest BCUT2D eigenvalue weighted by Crippen LogP contribution is 2.34.